The first kappa shape index (κ1) is 19.8. The van der Waals surface area contributed by atoms with Crippen molar-refractivity contribution in [1.82, 2.24) is 20.5 Å². The number of nitrogens with one attached hydrogen (secondary N) is 1. The van der Waals surface area contributed by atoms with Crippen LogP contribution in [-0.4, -0.2) is 53.5 Å². The second kappa shape index (κ2) is 9.80. The molecule has 4 rings (SSSR count). The summed E-state index contributed by atoms with van der Waals surface area (Å²) in [5.41, 5.74) is 3.39. The van der Waals surface area contributed by atoms with Gasteiger partial charge in [-0.3, -0.25) is 14.7 Å². The summed E-state index contributed by atoms with van der Waals surface area (Å²) in [7, 11) is 0. The summed E-state index contributed by atoms with van der Waals surface area (Å²) in [6, 6.07) is 11.2. The van der Waals surface area contributed by atoms with Crippen molar-refractivity contribution < 1.29 is 13.8 Å². The van der Waals surface area contributed by atoms with Crippen LogP contribution < -0.4 is 5.32 Å². The van der Waals surface area contributed by atoms with Gasteiger partial charge < -0.3 is 14.4 Å². The lowest BCUT2D eigenvalue weighted by Gasteiger charge is -2.21. The van der Waals surface area contributed by atoms with E-state index < -0.39 is 0 Å². The van der Waals surface area contributed by atoms with Gasteiger partial charge in [-0.25, -0.2) is 0 Å². The first-order valence-corrected chi connectivity index (χ1v) is 9.88. The molecule has 154 valence electrons. The molecule has 1 N–H and O–H groups in total. The predicted molar refractivity (Wildman–Crippen MR) is 112 cm³/mol. The van der Waals surface area contributed by atoms with Crippen LogP contribution in [0.25, 0.3) is 11.3 Å². The van der Waals surface area contributed by atoms with Crippen LogP contribution in [-0.2, 0) is 6.54 Å². The summed E-state index contributed by atoms with van der Waals surface area (Å²) < 4.78 is 10.2. The average Bonchev–Trinajstić information content (AvgIpc) is 3.54. The Bertz CT molecular complexity index is 1010. The van der Waals surface area contributed by atoms with Crippen LogP contribution >= 0.6 is 0 Å². The van der Waals surface area contributed by atoms with Crippen molar-refractivity contribution in [2.24, 2.45) is 4.99 Å². The quantitative estimate of drug-likeness (QED) is 0.521. The van der Waals surface area contributed by atoms with Crippen LogP contribution in [0.3, 0.4) is 0 Å². The molecule has 1 amide bonds. The standard InChI is InChI=1S/C22H23N5O3/c28-22(20-11-21(30-26-20)19-5-2-1-3-6-19)24-8-4-10-27(14-17-7-9-23-12-17)15-18-13-25-29-16-18/h1-3,5-7,11-13,16H,4,8-10,14-15H2,(H,24,28). The number of aromatic nitrogens is 2. The molecular weight excluding hydrogens is 382 g/mol. The lowest BCUT2D eigenvalue weighted by Crippen LogP contribution is -2.31. The van der Waals surface area contributed by atoms with Gasteiger partial charge in [-0.15, -0.1) is 0 Å². The van der Waals surface area contributed by atoms with Crippen molar-refractivity contribution >= 4 is 12.1 Å². The smallest absolute Gasteiger partial charge is 0.273 e. The van der Waals surface area contributed by atoms with E-state index in [2.05, 4.69) is 31.6 Å². The maximum absolute atomic E-state index is 12.4. The van der Waals surface area contributed by atoms with Crippen molar-refractivity contribution in [2.75, 3.05) is 26.2 Å². The highest BCUT2D eigenvalue weighted by atomic mass is 16.5. The van der Waals surface area contributed by atoms with Crippen LogP contribution in [0.1, 0.15) is 22.5 Å². The molecule has 8 nitrogen and oxygen atoms in total. The predicted octanol–water partition coefficient (Wildman–Crippen LogP) is 2.96. The molecule has 0 spiro atoms. The number of hydrogen-bond donors (Lipinski definition) is 1. The average molecular weight is 405 g/mol. The Hall–Kier alpha value is -3.52. The number of hydrogen-bond acceptors (Lipinski definition) is 7. The molecule has 8 heteroatoms. The van der Waals surface area contributed by atoms with E-state index in [4.69, 9.17) is 9.05 Å². The van der Waals surface area contributed by atoms with E-state index in [9.17, 15) is 4.79 Å². The van der Waals surface area contributed by atoms with Crippen molar-refractivity contribution in [3.8, 4) is 11.3 Å². The van der Waals surface area contributed by atoms with Gasteiger partial charge in [0.25, 0.3) is 5.91 Å². The topological polar surface area (TPSA) is 96.8 Å². The van der Waals surface area contributed by atoms with Crippen LogP contribution in [0.15, 0.2) is 74.5 Å². The summed E-state index contributed by atoms with van der Waals surface area (Å²) in [5, 5.41) is 10.6. The molecular formula is C22H23N5O3. The zero-order valence-electron chi connectivity index (χ0n) is 16.5. The fourth-order valence-electron chi connectivity index (χ4n) is 3.25. The zero-order valence-corrected chi connectivity index (χ0v) is 16.5. The number of carbonyl (C=O) groups is 1. The lowest BCUT2D eigenvalue weighted by atomic mass is 10.1. The van der Waals surface area contributed by atoms with Gasteiger partial charge in [-0.2, -0.15) is 0 Å². The second-order valence-electron chi connectivity index (χ2n) is 7.07. The van der Waals surface area contributed by atoms with E-state index in [1.807, 2.05) is 36.5 Å². The van der Waals surface area contributed by atoms with Crippen LogP contribution in [0, 0.1) is 0 Å². The molecule has 0 aliphatic carbocycles. The molecule has 3 heterocycles. The minimum Gasteiger partial charge on any atom is -0.364 e. The number of nitrogens with zero attached hydrogens (tertiary/aromatic N) is 4. The maximum Gasteiger partial charge on any atom is 0.273 e. The molecule has 0 radical (unpaired) electrons. The molecule has 0 atom stereocenters. The van der Waals surface area contributed by atoms with Gasteiger partial charge in [0, 0.05) is 49.6 Å². The van der Waals surface area contributed by atoms with Crippen molar-refractivity contribution in [1.29, 1.82) is 0 Å². The molecule has 0 unspecified atom stereocenters. The number of amides is 1. The second-order valence-corrected chi connectivity index (χ2v) is 7.07. The molecule has 1 aromatic carbocycles. The molecule has 3 aromatic rings. The van der Waals surface area contributed by atoms with Crippen LogP contribution in [0.4, 0.5) is 0 Å². The fourth-order valence-corrected chi connectivity index (χ4v) is 3.25. The Morgan fingerprint density at radius 2 is 2.10 bits per heavy atom. The van der Waals surface area contributed by atoms with Gasteiger partial charge in [0.2, 0.25) is 0 Å². The van der Waals surface area contributed by atoms with Crippen molar-refractivity contribution in [2.45, 2.75) is 13.0 Å². The first-order chi connectivity index (χ1) is 14.8. The van der Waals surface area contributed by atoms with E-state index >= 15 is 0 Å². The number of aliphatic imine (C=N–C) groups is 1. The van der Waals surface area contributed by atoms with Gasteiger partial charge >= 0.3 is 0 Å². The fraction of sp³-hybridized carbons (Fsp3) is 0.273. The minimum absolute atomic E-state index is 0.239. The first-order valence-electron chi connectivity index (χ1n) is 9.88. The van der Waals surface area contributed by atoms with Gasteiger partial charge in [-0.1, -0.05) is 46.7 Å². The molecule has 1 aliphatic rings. The summed E-state index contributed by atoms with van der Waals surface area (Å²) in [5.74, 6) is 0.337. The SMILES string of the molecule is O=C(NCCCN(CC1=CCN=C1)Cc1cnoc1)c1cc(-c2ccccc2)on1. The molecule has 0 saturated heterocycles. The lowest BCUT2D eigenvalue weighted by molar-refractivity contribution is 0.0942. The Labute approximate surface area is 174 Å². The molecule has 0 bridgehead atoms. The van der Waals surface area contributed by atoms with Gasteiger partial charge in [-0.05, 0) is 12.0 Å². The normalized spacial score (nSPS) is 13.0. The van der Waals surface area contributed by atoms with Crippen molar-refractivity contribution in [3.63, 3.8) is 0 Å². The zero-order chi connectivity index (χ0) is 20.6. The molecule has 30 heavy (non-hydrogen) atoms. The summed E-state index contributed by atoms with van der Waals surface area (Å²) in [4.78, 5) is 18.9. The Morgan fingerprint density at radius 1 is 1.20 bits per heavy atom. The molecule has 1 aliphatic heterocycles. The van der Waals surface area contributed by atoms with E-state index in [0.29, 0.717) is 12.3 Å². The molecule has 0 fully saturated rings. The Kier molecular flexibility index (Phi) is 6.46. The van der Waals surface area contributed by atoms with Gasteiger partial charge in [0.15, 0.2) is 11.5 Å². The monoisotopic (exact) mass is 405 g/mol. The maximum atomic E-state index is 12.4. The highest BCUT2D eigenvalue weighted by Crippen LogP contribution is 2.19. The van der Waals surface area contributed by atoms with Crippen LogP contribution in [0.2, 0.25) is 0 Å². The number of carbonyl (C=O) groups excluding carboxylic acids is 1. The Balaban J connectivity index is 1.26. The summed E-state index contributed by atoms with van der Waals surface area (Å²) in [6.45, 7) is 3.62. The van der Waals surface area contributed by atoms with Crippen molar-refractivity contribution in [3.05, 3.63) is 71.8 Å². The van der Waals surface area contributed by atoms with E-state index in [1.54, 1.807) is 18.5 Å². The van der Waals surface area contributed by atoms with Gasteiger partial charge in [0.05, 0.1) is 12.7 Å². The minimum atomic E-state index is -0.239. The van der Waals surface area contributed by atoms with Crippen LogP contribution in [0.5, 0.6) is 0 Å². The van der Waals surface area contributed by atoms with Gasteiger partial charge in [0.1, 0.15) is 6.26 Å². The third-order valence-electron chi connectivity index (χ3n) is 4.75. The Morgan fingerprint density at radius 3 is 2.87 bits per heavy atom. The van der Waals surface area contributed by atoms with E-state index in [-0.39, 0.29) is 11.6 Å². The van der Waals surface area contributed by atoms with E-state index in [1.165, 1.54) is 5.57 Å². The highest BCUT2D eigenvalue weighted by Gasteiger charge is 2.14. The third kappa shape index (κ3) is 5.30. The van der Waals surface area contributed by atoms with E-state index in [0.717, 1.165) is 43.7 Å². The third-order valence-corrected chi connectivity index (χ3v) is 4.75. The number of benzene rings is 1. The highest BCUT2D eigenvalue weighted by molar-refractivity contribution is 5.93. The largest absolute Gasteiger partial charge is 0.364 e. The summed E-state index contributed by atoms with van der Waals surface area (Å²) in [6.07, 6.45) is 8.21. The number of rotatable bonds is 10. The summed E-state index contributed by atoms with van der Waals surface area (Å²) >= 11 is 0. The molecule has 2 aromatic heterocycles. The molecule has 0 saturated carbocycles.